The number of methoxy groups -OCH3 is 3. The van der Waals surface area contributed by atoms with Crippen molar-refractivity contribution in [2.45, 2.75) is 19.9 Å². The Labute approximate surface area is 185 Å². The summed E-state index contributed by atoms with van der Waals surface area (Å²) < 4.78 is 15.5. The number of hydrogen-bond donors (Lipinski definition) is 3. The third-order valence-corrected chi connectivity index (χ3v) is 4.29. The van der Waals surface area contributed by atoms with Gasteiger partial charge in [0.1, 0.15) is 17.2 Å². The van der Waals surface area contributed by atoms with Gasteiger partial charge in [-0.1, -0.05) is 18.2 Å². The van der Waals surface area contributed by atoms with E-state index in [1.54, 1.807) is 32.2 Å². The quantitative estimate of drug-likeness (QED) is 0.309. The van der Waals surface area contributed by atoms with Crippen molar-refractivity contribution in [1.82, 2.24) is 10.7 Å². The molecule has 0 radical (unpaired) electrons. The Morgan fingerprint density at radius 1 is 0.906 bits per heavy atom. The van der Waals surface area contributed by atoms with E-state index in [0.29, 0.717) is 23.0 Å². The summed E-state index contributed by atoms with van der Waals surface area (Å²) in [5, 5.41) is 8.99. The van der Waals surface area contributed by atoms with Gasteiger partial charge in [0.2, 0.25) is 5.91 Å². The molecule has 0 aliphatic rings. The van der Waals surface area contributed by atoms with Crippen molar-refractivity contribution in [3.63, 3.8) is 0 Å². The predicted molar refractivity (Wildman–Crippen MR) is 119 cm³/mol. The molecule has 2 aromatic carbocycles. The van der Waals surface area contributed by atoms with Crippen LogP contribution in [0.15, 0.2) is 47.6 Å². The third-order valence-electron chi connectivity index (χ3n) is 4.29. The van der Waals surface area contributed by atoms with Crippen LogP contribution in [0.5, 0.6) is 17.2 Å². The van der Waals surface area contributed by atoms with Gasteiger partial charge in [-0.05, 0) is 25.1 Å². The number of rotatable bonds is 9. The van der Waals surface area contributed by atoms with Gasteiger partial charge in [0.15, 0.2) is 0 Å². The van der Waals surface area contributed by atoms with Crippen LogP contribution in [0.4, 0.5) is 5.69 Å². The predicted octanol–water partition coefficient (Wildman–Crippen LogP) is 1.85. The minimum atomic E-state index is -0.997. The molecule has 32 heavy (non-hydrogen) atoms. The Morgan fingerprint density at radius 2 is 1.62 bits per heavy atom. The van der Waals surface area contributed by atoms with Crippen LogP contribution in [0.1, 0.15) is 18.9 Å². The zero-order valence-electron chi connectivity index (χ0n) is 18.4. The highest BCUT2D eigenvalue weighted by molar-refractivity contribution is 6.39. The van der Waals surface area contributed by atoms with Gasteiger partial charge in [0.25, 0.3) is 0 Å². The van der Waals surface area contributed by atoms with Crippen molar-refractivity contribution in [2.75, 3.05) is 26.6 Å². The SMILES string of the molecule is COc1ccc(OC)c(NC(=O)C(=O)NN=C(C)CC(=O)NCc2ccccc2OC)c1. The molecule has 0 heterocycles. The first-order valence-electron chi connectivity index (χ1n) is 9.63. The van der Waals surface area contributed by atoms with E-state index in [-0.39, 0.29) is 24.6 Å². The molecular weight excluding hydrogens is 416 g/mol. The summed E-state index contributed by atoms with van der Waals surface area (Å²) in [7, 11) is 4.47. The standard InChI is InChI=1S/C22H26N4O6/c1-14(11-20(27)23-13-15-7-5-6-8-18(15)31-3)25-26-22(29)21(28)24-17-12-16(30-2)9-10-19(17)32-4/h5-10,12H,11,13H2,1-4H3,(H,23,27)(H,24,28)(H,26,29). The van der Waals surface area contributed by atoms with Gasteiger partial charge in [-0.15, -0.1) is 0 Å². The number of ether oxygens (including phenoxy) is 3. The van der Waals surface area contributed by atoms with Crippen LogP contribution in [0.25, 0.3) is 0 Å². The molecule has 2 aromatic rings. The zero-order chi connectivity index (χ0) is 23.5. The van der Waals surface area contributed by atoms with Crippen molar-refractivity contribution in [3.05, 3.63) is 48.0 Å². The second-order valence-corrected chi connectivity index (χ2v) is 6.57. The van der Waals surface area contributed by atoms with Crippen molar-refractivity contribution < 1.29 is 28.6 Å². The normalized spacial score (nSPS) is 10.7. The maximum absolute atomic E-state index is 12.2. The summed E-state index contributed by atoms with van der Waals surface area (Å²) in [5.74, 6) is -0.730. The molecule has 0 aliphatic heterocycles. The molecular formula is C22H26N4O6. The Hall–Kier alpha value is -4.08. The summed E-state index contributed by atoms with van der Waals surface area (Å²) >= 11 is 0. The number of para-hydroxylation sites is 1. The number of nitrogens with one attached hydrogen (secondary N) is 3. The van der Waals surface area contributed by atoms with Crippen LogP contribution < -0.4 is 30.3 Å². The van der Waals surface area contributed by atoms with E-state index >= 15 is 0 Å². The Balaban J connectivity index is 1.87. The van der Waals surface area contributed by atoms with Gasteiger partial charge in [-0.2, -0.15) is 5.10 Å². The number of nitrogens with zero attached hydrogens (tertiary/aromatic N) is 1. The van der Waals surface area contributed by atoms with Crippen molar-refractivity contribution >= 4 is 29.1 Å². The molecule has 0 aromatic heterocycles. The maximum Gasteiger partial charge on any atom is 0.329 e. The van der Waals surface area contributed by atoms with E-state index in [2.05, 4.69) is 21.2 Å². The zero-order valence-corrected chi connectivity index (χ0v) is 18.4. The van der Waals surface area contributed by atoms with Crippen LogP contribution in [0, 0.1) is 0 Å². The van der Waals surface area contributed by atoms with Crippen molar-refractivity contribution in [2.24, 2.45) is 5.10 Å². The van der Waals surface area contributed by atoms with Crippen LogP contribution >= 0.6 is 0 Å². The summed E-state index contributed by atoms with van der Waals surface area (Å²) in [5.41, 5.74) is 3.55. The Bertz CT molecular complexity index is 1010. The molecule has 0 fully saturated rings. The lowest BCUT2D eigenvalue weighted by molar-refractivity contribution is -0.136. The van der Waals surface area contributed by atoms with Gasteiger partial charge in [-0.25, -0.2) is 5.43 Å². The average Bonchev–Trinajstić information content (AvgIpc) is 2.81. The first kappa shape index (κ1) is 24.2. The van der Waals surface area contributed by atoms with E-state index in [1.807, 2.05) is 18.2 Å². The minimum absolute atomic E-state index is 0.0548. The molecule has 0 bridgehead atoms. The molecule has 0 unspecified atom stereocenters. The highest BCUT2D eigenvalue weighted by atomic mass is 16.5. The molecule has 0 saturated heterocycles. The van der Waals surface area contributed by atoms with E-state index in [4.69, 9.17) is 14.2 Å². The topological polar surface area (TPSA) is 127 Å². The van der Waals surface area contributed by atoms with Crippen LogP contribution in [-0.4, -0.2) is 44.8 Å². The Morgan fingerprint density at radius 3 is 2.31 bits per heavy atom. The summed E-state index contributed by atoms with van der Waals surface area (Å²) in [6, 6.07) is 12.1. The van der Waals surface area contributed by atoms with Gasteiger partial charge < -0.3 is 24.8 Å². The highest BCUT2D eigenvalue weighted by Crippen LogP contribution is 2.28. The fourth-order valence-corrected chi connectivity index (χ4v) is 2.67. The maximum atomic E-state index is 12.2. The summed E-state index contributed by atoms with van der Waals surface area (Å²) in [4.78, 5) is 36.3. The van der Waals surface area contributed by atoms with E-state index in [1.165, 1.54) is 20.3 Å². The largest absolute Gasteiger partial charge is 0.497 e. The van der Waals surface area contributed by atoms with Gasteiger partial charge in [-0.3, -0.25) is 14.4 Å². The Kier molecular flexibility index (Phi) is 9.03. The summed E-state index contributed by atoms with van der Waals surface area (Å²) in [6.07, 6.45) is -0.0548. The molecule has 0 aliphatic carbocycles. The minimum Gasteiger partial charge on any atom is -0.497 e. The second kappa shape index (κ2) is 11.9. The molecule has 10 nitrogen and oxygen atoms in total. The van der Waals surface area contributed by atoms with Crippen molar-refractivity contribution in [3.8, 4) is 17.2 Å². The number of carbonyl (C=O) groups excluding carboxylic acids is 3. The molecule has 2 rings (SSSR count). The lowest BCUT2D eigenvalue weighted by Gasteiger charge is -2.11. The number of carbonyl (C=O) groups is 3. The molecule has 0 atom stereocenters. The molecule has 170 valence electrons. The van der Waals surface area contributed by atoms with Gasteiger partial charge >= 0.3 is 11.8 Å². The fourth-order valence-electron chi connectivity index (χ4n) is 2.67. The van der Waals surface area contributed by atoms with Crippen LogP contribution in [0.3, 0.4) is 0 Å². The first-order valence-corrected chi connectivity index (χ1v) is 9.63. The second-order valence-electron chi connectivity index (χ2n) is 6.57. The van der Waals surface area contributed by atoms with Crippen molar-refractivity contribution in [1.29, 1.82) is 0 Å². The molecule has 0 saturated carbocycles. The van der Waals surface area contributed by atoms with Gasteiger partial charge in [0.05, 0.1) is 33.4 Å². The lowest BCUT2D eigenvalue weighted by atomic mass is 10.2. The highest BCUT2D eigenvalue weighted by Gasteiger charge is 2.16. The smallest absolute Gasteiger partial charge is 0.329 e. The van der Waals surface area contributed by atoms with Crippen LogP contribution in [-0.2, 0) is 20.9 Å². The number of benzene rings is 2. The average molecular weight is 442 g/mol. The van der Waals surface area contributed by atoms with E-state index in [0.717, 1.165) is 5.56 Å². The molecule has 3 amide bonds. The number of anilines is 1. The lowest BCUT2D eigenvalue weighted by Crippen LogP contribution is -2.33. The molecule has 10 heteroatoms. The van der Waals surface area contributed by atoms with E-state index in [9.17, 15) is 14.4 Å². The molecule has 0 spiro atoms. The summed E-state index contributed by atoms with van der Waals surface area (Å²) in [6.45, 7) is 1.85. The first-order chi connectivity index (χ1) is 15.4. The molecule has 3 N–H and O–H groups in total. The van der Waals surface area contributed by atoms with E-state index < -0.39 is 11.8 Å². The number of hydrazone groups is 1. The van der Waals surface area contributed by atoms with Gasteiger partial charge in [0, 0.05) is 23.9 Å². The van der Waals surface area contributed by atoms with Crippen LogP contribution in [0.2, 0.25) is 0 Å². The third kappa shape index (κ3) is 7.01. The fraction of sp³-hybridized carbons (Fsp3) is 0.273. The monoisotopic (exact) mass is 442 g/mol. The number of amides is 3. The number of hydrogen-bond acceptors (Lipinski definition) is 7.